The van der Waals surface area contributed by atoms with E-state index in [1.807, 2.05) is 0 Å². The average molecular weight is 208 g/mol. The normalized spacial score (nSPS) is 10.3. The molecule has 1 aromatic rings. The molecule has 4 nitrogen and oxygen atoms in total. The number of nitrogens with two attached hydrogens (primary N) is 1. The minimum Gasteiger partial charge on any atom is -0.462 e. The van der Waals surface area contributed by atoms with Gasteiger partial charge in [0.05, 0.1) is 24.1 Å². The van der Waals surface area contributed by atoms with E-state index in [9.17, 15) is 4.79 Å². The zero-order chi connectivity index (χ0) is 11.3. The molecule has 0 fully saturated rings. The summed E-state index contributed by atoms with van der Waals surface area (Å²) in [7, 11) is 0. The first-order valence-electron chi connectivity index (χ1n) is 4.98. The molecule has 82 valence electrons. The number of hydrogen-bond acceptors (Lipinski definition) is 4. The number of carbonyl (C=O) groups excluding carboxylic acids is 1. The van der Waals surface area contributed by atoms with Crippen LogP contribution in [0.2, 0.25) is 0 Å². The van der Waals surface area contributed by atoms with E-state index in [0.29, 0.717) is 23.8 Å². The van der Waals surface area contributed by atoms with Gasteiger partial charge in [-0.05, 0) is 18.4 Å². The summed E-state index contributed by atoms with van der Waals surface area (Å²) in [6.07, 6.45) is 3.82. The number of nitrogens with zero attached hydrogens (tertiary/aromatic N) is 1. The zero-order valence-corrected chi connectivity index (χ0v) is 9.06. The minimum absolute atomic E-state index is 0.354. The molecule has 0 aromatic carbocycles. The molecular weight excluding hydrogens is 192 g/mol. The first-order valence-corrected chi connectivity index (χ1v) is 4.98. The van der Waals surface area contributed by atoms with Crippen LogP contribution in [0.15, 0.2) is 18.5 Å². The van der Waals surface area contributed by atoms with Gasteiger partial charge in [-0.15, -0.1) is 0 Å². The monoisotopic (exact) mass is 208 g/mol. The van der Waals surface area contributed by atoms with Crippen LogP contribution in [0, 0.1) is 5.92 Å². The number of pyridine rings is 1. The van der Waals surface area contributed by atoms with Crippen molar-refractivity contribution in [1.29, 1.82) is 0 Å². The Morgan fingerprint density at radius 1 is 1.60 bits per heavy atom. The highest BCUT2D eigenvalue weighted by Crippen LogP contribution is 2.10. The lowest BCUT2D eigenvalue weighted by atomic mass is 10.1. The maximum absolute atomic E-state index is 11.5. The number of anilines is 1. The van der Waals surface area contributed by atoms with Crippen molar-refractivity contribution in [2.75, 3.05) is 12.3 Å². The van der Waals surface area contributed by atoms with Crippen LogP contribution in [0.1, 0.15) is 30.6 Å². The first-order chi connectivity index (χ1) is 7.11. The summed E-state index contributed by atoms with van der Waals surface area (Å²) in [4.78, 5) is 15.3. The van der Waals surface area contributed by atoms with Gasteiger partial charge in [-0.25, -0.2) is 4.79 Å². The molecule has 0 aliphatic rings. The van der Waals surface area contributed by atoms with E-state index in [2.05, 4.69) is 18.8 Å². The van der Waals surface area contributed by atoms with Crippen molar-refractivity contribution in [1.82, 2.24) is 4.98 Å². The Hall–Kier alpha value is -1.58. The Labute approximate surface area is 89.5 Å². The van der Waals surface area contributed by atoms with Crippen molar-refractivity contribution in [2.45, 2.75) is 20.3 Å². The number of hydrogen-bond donors (Lipinski definition) is 1. The molecule has 0 unspecified atom stereocenters. The second kappa shape index (κ2) is 5.34. The van der Waals surface area contributed by atoms with E-state index in [-0.39, 0.29) is 5.97 Å². The van der Waals surface area contributed by atoms with Crippen LogP contribution in [0.3, 0.4) is 0 Å². The maximum Gasteiger partial charge on any atom is 0.340 e. The van der Waals surface area contributed by atoms with Gasteiger partial charge in [0, 0.05) is 6.20 Å². The molecule has 4 heteroatoms. The highest BCUT2D eigenvalue weighted by Gasteiger charge is 2.10. The predicted molar refractivity (Wildman–Crippen MR) is 58.4 cm³/mol. The van der Waals surface area contributed by atoms with Crippen molar-refractivity contribution in [3.05, 3.63) is 24.0 Å². The van der Waals surface area contributed by atoms with Gasteiger partial charge in [0.1, 0.15) is 0 Å². The molecule has 2 N–H and O–H groups in total. The van der Waals surface area contributed by atoms with E-state index in [4.69, 9.17) is 10.5 Å². The van der Waals surface area contributed by atoms with Crippen molar-refractivity contribution < 1.29 is 9.53 Å². The van der Waals surface area contributed by atoms with Crippen LogP contribution in [0.5, 0.6) is 0 Å². The molecule has 0 saturated heterocycles. The van der Waals surface area contributed by atoms with Crippen molar-refractivity contribution in [3.63, 3.8) is 0 Å². The fourth-order valence-electron chi connectivity index (χ4n) is 1.06. The van der Waals surface area contributed by atoms with E-state index in [0.717, 1.165) is 6.42 Å². The number of ether oxygens (including phenoxy) is 1. The molecule has 0 atom stereocenters. The van der Waals surface area contributed by atoms with Crippen LogP contribution in [-0.2, 0) is 4.74 Å². The molecule has 1 heterocycles. The van der Waals surface area contributed by atoms with Crippen LogP contribution in [0.4, 0.5) is 5.69 Å². The SMILES string of the molecule is CC(C)CCOC(=O)c1ccncc1N. The summed E-state index contributed by atoms with van der Waals surface area (Å²) >= 11 is 0. The molecule has 0 bridgehead atoms. The highest BCUT2D eigenvalue weighted by molar-refractivity contribution is 5.94. The molecule has 0 spiro atoms. The molecule has 0 saturated carbocycles. The van der Waals surface area contributed by atoms with Gasteiger partial charge < -0.3 is 10.5 Å². The first kappa shape index (κ1) is 11.5. The lowest BCUT2D eigenvalue weighted by Gasteiger charge is -2.07. The van der Waals surface area contributed by atoms with E-state index < -0.39 is 0 Å². The number of rotatable bonds is 4. The van der Waals surface area contributed by atoms with Crippen LogP contribution >= 0.6 is 0 Å². The molecule has 0 radical (unpaired) electrons. The van der Waals surface area contributed by atoms with E-state index in [1.54, 1.807) is 6.07 Å². The Morgan fingerprint density at radius 3 is 2.93 bits per heavy atom. The Bertz CT molecular complexity index is 337. The predicted octanol–water partition coefficient (Wildman–Crippen LogP) is 1.87. The van der Waals surface area contributed by atoms with Crippen molar-refractivity contribution in [2.24, 2.45) is 5.92 Å². The molecular formula is C11H16N2O2. The third-order valence-electron chi connectivity index (χ3n) is 2.00. The minimum atomic E-state index is -0.379. The Kier molecular flexibility index (Phi) is 4.09. The maximum atomic E-state index is 11.5. The number of carbonyl (C=O) groups is 1. The van der Waals surface area contributed by atoms with Gasteiger partial charge in [-0.2, -0.15) is 0 Å². The third kappa shape index (κ3) is 3.58. The second-order valence-corrected chi connectivity index (χ2v) is 3.78. The largest absolute Gasteiger partial charge is 0.462 e. The number of aromatic nitrogens is 1. The van der Waals surface area contributed by atoms with Gasteiger partial charge in [0.25, 0.3) is 0 Å². The summed E-state index contributed by atoms with van der Waals surface area (Å²) in [5.41, 5.74) is 6.33. The lowest BCUT2D eigenvalue weighted by molar-refractivity contribution is 0.0489. The quantitative estimate of drug-likeness (QED) is 0.767. The van der Waals surface area contributed by atoms with Gasteiger partial charge in [-0.1, -0.05) is 13.8 Å². The fourth-order valence-corrected chi connectivity index (χ4v) is 1.06. The summed E-state index contributed by atoms with van der Waals surface area (Å²) in [6.45, 7) is 4.58. The molecule has 0 aliphatic heterocycles. The van der Waals surface area contributed by atoms with Crippen LogP contribution in [0.25, 0.3) is 0 Å². The van der Waals surface area contributed by atoms with Gasteiger partial charge >= 0.3 is 5.97 Å². The van der Waals surface area contributed by atoms with Crippen molar-refractivity contribution in [3.8, 4) is 0 Å². The fraction of sp³-hybridized carbons (Fsp3) is 0.455. The van der Waals surface area contributed by atoms with Crippen LogP contribution in [-0.4, -0.2) is 17.6 Å². The average Bonchev–Trinajstić information content (AvgIpc) is 2.17. The van der Waals surface area contributed by atoms with E-state index in [1.165, 1.54) is 12.4 Å². The van der Waals surface area contributed by atoms with Crippen LogP contribution < -0.4 is 5.73 Å². The molecule has 15 heavy (non-hydrogen) atoms. The second-order valence-electron chi connectivity index (χ2n) is 3.78. The third-order valence-corrected chi connectivity index (χ3v) is 2.00. The number of esters is 1. The summed E-state index contributed by atoms with van der Waals surface area (Å²) in [6, 6.07) is 1.56. The summed E-state index contributed by atoms with van der Waals surface area (Å²) in [5, 5.41) is 0. The van der Waals surface area contributed by atoms with Gasteiger partial charge in [0.15, 0.2) is 0 Å². The van der Waals surface area contributed by atoms with Crippen molar-refractivity contribution >= 4 is 11.7 Å². The topological polar surface area (TPSA) is 65.2 Å². The molecule has 1 aromatic heterocycles. The highest BCUT2D eigenvalue weighted by atomic mass is 16.5. The van der Waals surface area contributed by atoms with Gasteiger partial charge in [-0.3, -0.25) is 4.98 Å². The zero-order valence-electron chi connectivity index (χ0n) is 9.06. The van der Waals surface area contributed by atoms with E-state index >= 15 is 0 Å². The standard InChI is InChI=1S/C11H16N2O2/c1-8(2)4-6-15-11(14)9-3-5-13-7-10(9)12/h3,5,7-8H,4,6,12H2,1-2H3. The summed E-state index contributed by atoms with van der Waals surface area (Å²) < 4.78 is 5.07. The smallest absolute Gasteiger partial charge is 0.340 e. The molecule has 0 amide bonds. The summed E-state index contributed by atoms with van der Waals surface area (Å²) in [5.74, 6) is 0.142. The Balaban J connectivity index is 2.51. The van der Waals surface area contributed by atoms with Gasteiger partial charge in [0.2, 0.25) is 0 Å². The number of nitrogen functional groups attached to an aromatic ring is 1. The molecule has 1 rings (SSSR count). The lowest BCUT2D eigenvalue weighted by Crippen LogP contribution is -2.10. The molecule has 0 aliphatic carbocycles. The Morgan fingerprint density at radius 2 is 2.33 bits per heavy atom.